The molecule has 2 nitrogen and oxygen atoms in total. The van der Waals surface area contributed by atoms with E-state index in [-0.39, 0.29) is 0 Å². The maximum atomic E-state index is 2.58. The molecule has 2 rings (SSSR count). The topological polar surface area (TPSA) is 6.48 Å². The van der Waals surface area contributed by atoms with E-state index in [0.717, 1.165) is 13.0 Å². The van der Waals surface area contributed by atoms with Crippen LogP contribution in [0.4, 0.5) is 0 Å². The lowest BCUT2D eigenvalue weighted by Gasteiger charge is -2.21. The van der Waals surface area contributed by atoms with E-state index in [2.05, 4.69) is 63.7 Å². The maximum Gasteiger partial charge on any atom is 0.0130 e. The second-order valence-electron chi connectivity index (χ2n) is 5.23. The molecule has 0 unspecified atom stereocenters. The Bertz CT molecular complexity index is 344. The fourth-order valence-electron chi connectivity index (χ4n) is 2.40. The highest BCUT2D eigenvalue weighted by atomic mass is 123. The van der Waals surface area contributed by atoms with E-state index in [0.29, 0.717) is 0 Å². The van der Waals surface area contributed by atoms with Gasteiger partial charge in [-0.05, 0) is 79.7 Å². The predicted octanol–water partition coefficient (Wildman–Crippen LogP) is 2.86. The Kier molecular flexibility index (Phi) is 5.92. The van der Waals surface area contributed by atoms with Crippen molar-refractivity contribution in [3.8, 4) is 0 Å². The number of hydrogen-bond acceptors (Lipinski definition) is 2. The summed E-state index contributed by atoms with van der Waals surface area (Å²) < 4.78 is 1.32. The van der Waals surface area contributed by atoms with Crippen molar-refractivity contribution in [2.75, 3.05) is 39.8 Å². The van der Waals surface area contributed by atoms with Crippen molar-refractivity contribution in [1.82, 2.24) is 9.80 Å². The van der Waals surface area contributed by atoms with Crippen LogP contribution in [0.25, 0.3) is 0 Å². The van der Waals surface area contributed by atoms with Crippen LogP contribution >= 0.6 is 22.6 Å². The molecule has 1 aromatic rings. The van der Waals surface area contributed by atoms with Crippen LogP contribution in [0.15, 0.2) is 24.3 Å². The molecule has 0 atom stereocenters. The lowest BCUT2D eigenvalue weighted by atomic mass is 10.1. The van der Waals surface area contributed by atoms with Gasteiger partial charge in [0.05, 0.1) is 0 Å². The quantitative estimate of drug-likeness (QED) is 0.725. The Morgan fingerprint density at radius 3 is 2.44 bits per heavy atom. The van der Waals surface area contributed by atoms with Crippen molar-refractivity contribution in [3.05, 3.63) is 33.4 Å². The first-order chi connectivity index (χ1) is 8.74. The molecule has 1 aromatic carbocycles. The van der Waals surface area contributed by atoms with Crippen LogP contribution in [0.3, 0.4) is 0 Å². The Balaban J connectivity index is 1.64. The van der Waals surface area contributed by atoms with Gasteiger partial charge in [-0.3, -0.25) is 0 Å². The van der Waals surface area contributed by atoms with E-state index in [1.807, 2.05) is 0 Å². The monoisotopic (exact) mass is 354 g/mol. The van der Waals surface area contributed by atoms with E-state index in [9.17, 15) is 0 Å². The minimum Gasteiger partial charge on any atom is -0.305 e. The highest BCUT2D eigenvalue weighted by Crippen LogP contribution is 2.08. The Morgan fingerprint density at radius 2 is 1.78 bits per heavy atom. The fraction of sp³-hybridized carbons (Fsp3) is 0.600. The van der Waals surface area contributed by atoms with Crippen LogP contribution < -0.4 is 0 Å². The summed E-state index contributed by atoms with van der Waals surface area (Å²) in [7, 11) is 2.24. The molecule has 0 saturated carbocycles. The first-order valence-corrected chi connectivity index (χ1v) is 7.97. The molecule has 18 heavy (non-hydrogen) atoms. The van der Waals surface area contributed by atoms with Crippen molar-refractivity contribution in [2.24, 2.45) is 0 Å². The summed E-state index contributed by atoms with van der Waals surface area (Å²) in [5.41, 5.74) is 1.45. The zero-order chi connectivity index (χ0) is 12.8. The molecular weight excluding hydrogens is 331 g/mol. The summed E-state index contributed by atoms with van der Waals surface area (Å²) >= 11 is 2.36. The van der Waals surface area contributed by atoms with E-state index in [1.54, 1.807) is 0 Å². The van der Waals surface area contributed by atoms with Gasteiger partial charge in [-0.1, -0.05) is 12.1 Å². The highest BCUT2D eigenvalue weighted by molar-refractivity contribution is 14.1. The summed E-state index contributed by atoms with van der Waals surface area (Å²) in [6.45, 7) is 6.22. The van der Waals surface area contributed by atoms with Crippen molar-refractivity contribution in [1.29, 1.82) is 0 Å². The summed E-state index contributed by atoms with van der Waals surface area (Å²) in [6, 6.07) is 8.88. The van der Waals surface area contributed by atoms with Crippen molar-refractivity contribution >= 4 is 22.6 Å². The number of likely N-dealkylation sites (tertiary alicyclic amines) is 1. The third-order valence-electron chi connectivity index (χ3n) is 3.69. The minimum atomic E-state index is 1.16. The van der Waals surface area contributed by atoms with Gasteiger partial charge < -0.3 is 9.80 Å². The largest absolute Gasteiger partial charge is 0.305 e. The second kappa shape index (κ2) is 7.46. The smallest absolute Gasteiger partial charge is 0.0130 e. The predicted molar refractivity (Wildman–Crippen MR) is 86.0 cm³/mol. The summed E-state index contributed by atoms with van der Waals surface area (Å²) in [5, 5.41) is 0. The zero-order valence-electron chi connectivity index (χ0n) is 11.2. The van der Waals surface area contributed by atoms with Crippen molar-refractivity contribution in [2.45, 2.75) is 19.3 Å². The lowest BCUT2D eigenvalue weighted by Crippen LogP contribution is -2.32. The van der Waals surface area contributed by atoms with Gasteiger partial charge in [-0.2, -0.15) is 0 Å². The van der Waals surface area contributed by atoms with E-state index < -0.39 is 0 Å². The van der Waals surface area contributed by atoms with Crippen molar-refractivity contribution < 1.29 is 0 Å². The Labute approximate surface area is 124 Å². The third kappa shape index (κ3) is 4.86. The molecule has 1 saturated heterocycles. The number of rotatable bonds is 6. The molecular formula is C15H23IN2. The fourth-order valence-corrected chi connectivity index (χ4v) is 2.76. The van der Waals surface area contributed by atoms with Gasteiger partial charge in [-0.15, -0.1) is 0 Å². The van der Waals surface area contributed by atoms with Gasteiger partial charge in [-0.25, -0.2) is 0 Å². The van der Waals surface area contributed by atoms with Crippen LogP contribution in [-0.4, -0.2) is 49.6 Å². The highest BCUT2D eigenvalue weighted by Gasteiger charge is 2.11. The molecule has 1 aliphatic heterocycles. The normalized spacial score (nSPS) is 16.6. The average molecular weight is 354 g/mol. The molecule has 0 radical (unpaired) electrons. The van der Waals surface area contributed by atoms with Gasteiger partial charge in [0.2, 0.25) is 0 Å². The van der Waals surface area contributed by atoms with Crippen LogP contribution in [0.1, 0.15) is 18.4 Å². The third-order valence-corrected chi connectivity index (χ3v) is 4.41. The summed E-state index contributed by atoms with van der Waals surface area (Å²) in [4.78, 5) is 5.04. The molecule has 0 aromatic heterocycles. The number of hydrogen-bond donors (Lipinski definition) is 0. The van der Waals surface area contributed by atoms with Crippen LogP contribution in [0, 0.1) is 3.57 Å². The van der Waals surface area contributed by atoms with E-state index >= 15 is 0 Å². The number of halogens is 1. The van der Waals surface area contributed by atoms with Crippen LogP contribution in [0.2, 0.25) is 0 Å². The average Bonchev–Trinajstić information content (AvgIpc) is 2.89. The molecule has 1 fully saturated rings. The standard InChI is InChI=1S/C15H23IN2/c1-17(12-13-18-9-2-3-10-18)11-8-14-4-6-15(16)7-5-14/h4-7H,2-3,8-13H2,1H3/i16-4. The second-order valence-corrected chi connectivity index (χ2v) is 6.47. The molecule has 0 N–H and O–H groups in total. The van der Waals surface area contributed by atoms with Gasteiger partial charge in [0.25, 0.3) is 0 Å². The molecule has 0 aliphatic carbocycles. The molecule has 0 bridgehead atoms. The Hall–Kier alpha value is -0.130. The number of nitrogens with zero attached hydrogens (tertiary/aromatic N) is 2. The first-order valence-electron chi connectivity index (χ1n) is 6.89. The number of benzene rings is 1. The van der Waals surface area contributed by atoms with E-state index in [4.69, 9.17) is 0 Å². The van der Waals surface area contributed by atoms with Gasteiger partial charge >= 0.3 is 0 Å². The molecule has 0 spiro atoms. The Morgan fingerprint density at radius 1 is 1.11 bits per heavy atom. The van der Waals surface area contributed by atoms with Gasteiger partial charge in [0, 0.05) is 23.2 Å². The summed E-state index contributed by atoms with van der Waals surface area (Å²) in [6.07, 6.45) is 3.95. The van der Waals surface area contributed by atoms with Crippen LogP contribution in [0.5, 0.6) is 0 Å². The zero-order valence-corrected chi connectivity index (χ0v) is 13.4. The first kappa shape index (κ1) is 14.3. The SMILES string of the molecule is CN(CCc1ccc([123I])cc1)CCN1CCCC1. The lowest BCUT2D eigenvalue weighted by molar-refractivity contribution is 0.259. The van der Waals surface area contributed by atoms with Crippen molar-refractivity contribution in [3.63, 3.8) is 0 Å². The van der Waals surface area contributed by atoms with E-state index in [1.165, 1.54) is 48.2 Å². The van der Waals surface area contributed by atoms with Gasteiger partial charge in [0.15, 0.2) is 0 Å². The minimum absolute atomic E-state index is 1.16. The number of likely N-dealkylation sites (N-methyl/N-ethyl adjacent to an activating group) is 1. The molecule has 1 aliphatic rings. The molecule has 1 heterocycles. The van der Waals surface area contributed by atoms with Crippen LogP contribution in [-0.2, 0) is 6.42 Å². The molecule has 100 valence electrons. The van der Waals surface area contributed by atoms with Gasteiger partial charge in [0.1, 0.15) is 0 Å². The maximum absolute atomic E-state index is 2.58. The molecule has 3 heteroatoms. The summed E-state index contributed by atoms with van der Waals surface area (Å²) in [5.74, 6) is 0. The molecule has 0 amide bonds.